The van der Waals surface area contributed by atoms with Crippen LogP contribution in [-0.4, -0.2) is 24.7 Å². The van der Waals surface area contributed by atoms with Gasteiger partial charge in [-0.1, -0.05) is 0 Å². The molecule has 0 fully saturated rings. The fourth-order valence-electron chi connectivity index (χ4n) is 2.34. The van der Waals surface area contributed by atoms with E-state index in [0.29, 0.717) is 0 Å². The molecule has 4 rings (SSSR count). The molecule has 22 heavy (non-hydrogen) atoms. The molecule has 0 aliphatic heterocycles. The number of hydrogen-bond donors (Lipinski definition) is 0. The Morgan fingerprint density at radius 2 is 1.64 bits per heavy atom. The van der Waals surface area contributed by atoms with Crippen molar-refractivity contribution in [1.82, 2.24) is 24.7 Å². The Kier molecular flexibility index (Phi) is 2.89. The average molecular weight is 287 g/mol. The van der Waals surface area contributed by atoms with E-state index in [0.717, 1.165) is 33.7 Å². The van der Waals surface area contributed by atoms with Crippen LogP contribution in [0.2, 0.25) is 0 Å². The third-order valence-electron chi connectivity index (χ3n) is 3.48. The van der Waals surface area contributed by atoms with Crippen molar-refractivity contribution in [1.29, 1.82) is 0 Å². The first-order valence-corrected chi connectivity index (χ1v) is 6.99. The van der Waals surface area contributed by atoms with Gasteiger partial charge in [0.1, 0.15) is 0 Å². The van der Waals surface area contributed by atoms with E-state index in [1.54, 1.807) is 6.20 Å². The van der Waals surface area contributed by atoms with Gasteiger partial charge in [-0.15, -0.1) is 0 Å². The van der Waals surface area contributed by atoms with Gasteiger partial charge in [0, 0.05) is 29.5 Å². The number of benzene rings is 1. The van der Waals surface area contributed by atoms with Crippen LogP contribution in [0.3, 0.4) is 0 Å². The summed E-state index contributed by atoms with van der Waals surface area (Å²) < 4.78 is 1.83. The lowest BCUT2D eigenvalue weighted by Crippen LogP contribution is -1.97. The van der Waals surface area contributed by atoms with Gasteiger partial charge in [0.05, 0.1) is 11.9 Å². The molecule has 0 unspecified atom stereocenters. The zero-order valence-electron chi connectivity index (χ0n) is 12.0. The first-order valence-electron chi connectivity index (χ1n) is 6.99. The van der Waals surface area contributed by atoms with Crippen LogP contribution < -0.4 is 0 Å². The van der Waals surface area contributed by atoms with E-state index >= 15 is 0 Å². The lowest BCUT2D eigenvalue weighted by molar-refractivity contribution is 0.897. The molecule has 5 nitrogen and oxygen atoms in total. The van der Waals surface area contributed by atoms with Gasteiger partial charge in [-0.25, -0.2) is 19.6 Å². The van der Waals surface area contributed by atoms with E-state index in [4.69, 9.17) is 0 Å². The molecule has 0 saturated carbocycles. The van der Waals surface area contributed by atoms with Gasteiger partial charge < -0.3 is 0 Å². The van der Waals surface area contributed by atoms with Gasteiger partial charge in [0.15, 0.2) is 11.5 Å². The molecule has 3 heterocycles. The molecule has 0 bridgehead atoms. The standard InChI is InChI=1S/C17H13N5/c1-12-9-19-16(20-10-12)13-4-6-15(7-5-13)22-17-14(11-21-22)3-2-8-18-17/h2-11H,1H3. The number of aromatic nitrogens is 5. The van der Waals surface area contributed by atoms with Crippen molar-refractivity contribution in [2.24, 2.45) is 0 Å². The lowest BCUT2D eigenvalue weighted by atomic mass is 10.2. The second kappa shape index (κ2) is 5.04. The molecule has 0 atom stereocenters. The van der Waals surface area contributed by atoms with Crippen molar-refractivity contribution in [3.63, 3.8) is 0 Å². The van der Waals surface area contributed by atoms with Crippen LogP contribution in [0, 0.1) is 6.92 Å². The van der Waals surface area contributed by atoms with Crippen molar-refractivity contribution < 1.29 is 0 Å². The Morgan fingerprint density at radius 1 is 0.864 bits per heavy atom. The van der Waals surface area contributed by atoms with Crippen LogP contribution in [-0.2, 0) is 0 Å². The molecule has 0 saturated heterocycles. The highest BCUT2D eigenvalue weighted by Crippen LogP contribution is 2.20. The maximum atomic E-state index is 4.40. The Morgan fingerprint density at radius 3 is 2.41 bits per heavy atom. The molecule has 0 radical (unpaired) electrons. The summed E-state index contributed by atoms with van der Waals surface area (Å²) in [6.45, 7) is 1.97. The molecule has 1 aromatic carbocycles. The monoisotopic (exact) mass is 287 g/mol. The molecule has 0 aliphatic carbocycles. The Balaban J connectivity index is 1.74. The van der Waals surface area contributed by atoms with Gasteiger partial charge in [0.25, 0.3) is 0 Å². The first-order chi connectivity index (χ1) is 10.8. The number of rotatable bonds is 2. The summed E-state index contributed by atoms with van der Waals surface area (Å²) >= 11 is 0. The van der Waals surface area contributed by atoms with Gasteiger partial charge in [-0.05, 0) is 48.9 Å². The minimum atomic E-state index is 0.723. The number of hydrogen-bond acceptors (Lipinski definition) is 4. The summed E-state index contributed by atoms with van der Waals surface area (Å²) in [5.74, 6) is 0.723. The minimum Gasteiger partial charge on any atom is -0.237 e. The summed E-state index contributed by atoms with van der Waals surface area (Å²) in [5, 5.41) is 5.42. The lowest BCUT2D eigenvalue weighted by Gasteiger charge is -2.05. The van der Waals surface area contributed by atoms with Gasteiger partial charge in [0.2, 0.25) is 0 Å². The second-order valence-electron chi connectivity index (χ2n) is 5.10. The SMILES string of the molecule is Cc1cnc(-c2ccc(-n3ncc4cccnc43)cc2)nc1. The molecule has 5 heteroatoms. The maximum Gasteiger partial charge on any atom is 0.162 e. The normalized spacial score (nSPS) is 11.0. The third-order valence-corrected chi connectivity index (χ3v) is 3.48. The highest BCUT2D eigenvalue weighted by Gasteiger charge is 2.06. The van der Waals surface area contributed by atoms with E-state index in [2.05, 4.69) is 20.1 Å². The number of aryl methyl sites for hydroxylation is 1. The largest absolute Gasteiger partial charge is 0.237 e. The van der Waals surface area contributed by atoms with Crippen molar-refractivity contribution in [3.8, 4) is 17.1 Å². The third kappa shape index (κ3) is 2.13. The summed E-state index contributed by atoms with van der Waals surface area (Å²) in [4.78, 5) is 13.1. The highest BCUT2D eigenvalue weighted by atomic mass is 15.3. The van der Waals surface area contributed by atoms with E-state index in [-0.39, 0.29) is 0 Å². The zero-order valence-corrected chi connectivity index (χ0v) is 12.0. The van der Waals surface area contributed by atoms with E-state index in [1.165, 1.54) is 0 Å². The fourth-order valence-corrected chi connectivity index (χ4v) is 2.34. The first kappa shape index (κ1) is 12.6. The predicted molar refractivity (Wildman–Crippen MR) is 84.6 cm³/mol. The molecule has 4 aromatic rings. The average Bonchev–Trinajstić information content (AvgIpc) is 3.00. The molecule has 106 valence electrons. The highest BCUT2D eigenvalue weighted by molar-refractivity contribution is 5.76. The van der Waals surface area contributed by atoms with Crippen LogP contribution in [0.4, 0.5) is 0 Å². The zero-order chi connectivity index (χ0) is 14.9. The Hall–Kier alpha value is -3.08. The van der Waals surface area contributed by atoms with Gasteiger partial charge in [-0.2, -0.15) is 5.10 Å². The smallest absolute Gasteiger partial charge is 0.162 e. The Bertz CT molecular complexity index is 923. The molecule has 0 N–H and O–H groups in total. The molecular weight excluding hydrogens is 274 g/mol. The maximum absolute atomic E-state index is 4.40. The molecular formula is C17H13N5. The molecule has 0 spiro atoms. The van der Waals surface area contributed by atoms with Crippen LogP contribution in [0.5, 0.6) is 0 Å². The second-order valence-corrected chi connectivity index (χ2v) is 5.10. The van der Waals surface area contributed by atoms with Crippen LogP contribution in [0.1, 0.15) is 5.56 Å². The number of pyridine rings is 1. The van der Waals surface area contributed by atoms with Crippen LogP contribution in [0.15, 0.2) is 61.2 Å². The molecule has 0 amide bonds. The number of nitrogens with zero attached hydrogens (tertiary/aromatic N) is 5. The molecule has 0 aliphatic rings. The van der Waals surface area contributed by atoms with Crippen LogP contribution in [0.25, 0.3) is 28.1 Å². The summed E-state index contributed by atoms with van der Waals surface area (Å²) in [6, 6.07) is 11.9. The Labute approximate surface area is 127 Å². The number of fused-ring (bicyclic) bond motifs is 1. The molecule has 3 aromatic heterocycles. The fraction of sp³-hybridized carbons (Fsp3) is 0.0588. The minimum absolute atomic E-state index is 0.723. The van der Waals surface area contributed by atoms with Crippen molar-refractivity contribution in [2.45, 2.75) is 6.92 Å². The van der Waals surface area contributed by atoms with E-state index in [1.807, 2.05) is 66.6 Å². The van der Waals surface area contributed by atoms with E-state index < -0.39 is 0 Å². The van der Waals surface area contributed by atoms with Crippen molar-refractivity contribution >= 4 is 11.0 Å². The van der Waals surface area contributed by atoms with Crippen LogP contribution >= 0.6 is 0 Å². The van der Waals surface area contributed by atoms with Gasteiger partial charge in [-0.3, -0.25) is 0 Å². The predicted octanol–water partition coefficient (Wildman–Crippen LogP) is 3.19. The van der Waals surface area contributed by atoms with E-state index in [9.17, 15) is 0 Å². The summed E-state index contributed by atoms with van der Waals surface area (Å²) in [6.07, 6.45) is 7.23. The summed E-state index contributed by atoms with van der Waals surface area (Å²) in [7, 11) is 0. The van der Waals surface area contributed by atoms with Gasteiger partial charge >= 0.3 is 0 Å². The van der Waals surface area contributed by atoms with Crippen molar-refractivity contribution in [2.75, 3.05) is 0 Å². The topological polar surface area (TPSA) is 56.5 Å². The van der Waals surface area contributed by atoms with Crippen molar-refractivity contribution in [3.05, 3.63) is 66.7 Å². The quantitative estimate of drug-likeness (QED) is 0.568. The summed E-state index contributed by atoms with van der Waals surface area (Å²) in [5.41, 5.74) is 3.84.